The number of nitrogens with zero attached hydrogens (tertiary/aromatic N) is 5. The molecular formula is C25H29N5O3. The molecule has 5 rings (SSSR count). The Morgan fingerprint density at radius 2 is 1.82 bits per heavy atom. The van der Waals surface area contributed by atoms with Crippen molar-refractivity contribution in [1.82, 2.24) is 14.5 Å². The van der Waals surface area contributed by atoms with Gasteiger partial charge in [-0.1, -0.05) is 0 Å². The Bertz CT molecular complexity index is 1170. The number of aromatic nitrogens is 3. The topological polar surface area (TPSA) is 72.7 Å². The van der Waals surface area contributed by atoms with Gasteiger partial charge in [0.1, 0.15) is 11.9 Å². The summed E-state index contributed by atoms with van der Waals surface area (Å²) in [6.07, 6.45) is 5.68. The summed E-state index contributed by atoms with van der Waals surface area (Å²) in [7, 11) is 3.46. The molecule has 1 atom stereocenters. The molecule has 0 bridgehead atoms. The van der Waals surface area contributed by atoms with Crippen molar-refractivity contribution in [3.63, 3.8) is 0 Å². The maximum atomic E-state index is 12.7. The molecule has 0 spiro atoms. The van der Waals surface area contributed by atoms with E-state index in [0.29, 0.717) is 31.3 Å². The fraction of sp³-hybridized carbons (Fsp3) is 0.400. The number of methoxy groups -OCH3 is 1. The van der Waals surface area contributed by atoms with Crippen molar-refractivity contribution in [3.05, 3.63) is 64.7 Å². The predicted molar refractivity (Wildman–Crippen MR) is 128 cm³/mol. The van der Waals surface area contributed by atoms with Gasteiger partial charge in [-0.25, -0.2) is 4.98 Å². The summed E-state index contributed by atoms with van der Waals surface area (Å²) in [5.41, 5.74) is 3.65. The summed E-state index contributed by atoms with van der Waals surface area (Å²) >= 11 is 0. The van der Waals surface area contributed by atoms with Crippen molar-refractivity contribution in [2.45, 2.75) is 18.9 Å². The minimum absolute atomic E-state index is 0.0940. The van der Waals surface area contributed by atoms with Crippen LogP contribution in [0, 0.1) is 0 Å². The van der Waals surface area contributed by atoms with E-state index >= 15 is 0 Å². The zero-order chi connectivity index (χ0) is 22.8. The number of ether oxygens (including phenoxy) is 2. The molecule has 0 radical (unpaired) electrons. The van der Waals surface area contributed by atoms with Gasteiger partial charge in [0.25, 0.3) is 5.56 Å². The largest absolute Gasteiger partial charge is 0.496 e. The average Bonchev–Trinajstić information content (AvgIpc) is 3.41. The molecule has 2 aliphatic rings. The van der Waals surface area contributed by atoms with E-state index in [9.17, 15) is 4.79 Å². The van der Waals surface area contributed by atoms with Gasteiger partial charge in [0.15, 0.2) is 0 Å². The highest BCUT2D eigenvalue weighted by molar-refractivity contribution is 5.60. The van der Waals surface area contributed by atoms with Gasteiger partial charge in [-0.05, 0) is 43.2 Å². The van der Waals surface area contributed by atoms with E-state index in [1.54, 1.807) is 37.2 Å². The van der Waals surface area contributed by atoms with Gasteiger partial charge in [0, 0.05) is 62.0 Å². The van der Waals surface area contributed by atoms with E-state index in [1.165, 1.54) is 18.5 Å². The van der Waals surface area contributed by atoms with Crippen LogP contribution in [-0.2, 0) is 11.8 Å². The standard InChI is InChI=1S/C25H29N5O3/c1-28-24(31)16-21(18-7-9-26-10-8-18)27-25(28)30-13-14-33-23(17-30)20-15-19(5-6-22(20)32-2)29-11-3-4-12-29/h5-10,15-16,23H,3-4,11-14,17H2,1-2H3. The molecule has 4 heterocycles. The Balaban J connectivity index is 1.47. The fourth-order valence-corrected chi connectivity index (χ4v) is 4.65. The Morgan fingerprint density at radius 3 is 2.58 bits per heavy atom. The van der Waals surface area contributed by atoms with Gasteiger partial charge >= 0.3 is 0 Å². The Labute approximate surface area is 193 Å². The van der Waals surface area contributed by atoms with Gasteiger partial charge < -0.3 is 19.3 Å². The number of pyridine rings is 1. The summed E-state index contributed by atoms with van der Waals surface area (Å²) in [5, 5.41) is 0. The third-order valence-corrected chi connectivity index (χ3v) is 6.47. The van der Waals surface area contributed by atoms with Crippen molar-refractivity contribution in [2.75, 3.05) is 49.7 Å². The van der Waals surface area contributed by atoms with Crippen LogP contribution in [0.4, 0.5) is 11.6 Å². The minimum Gasteiger partial charge on any atom is -0.496 e. The van der Waals surface area contributed by atoms with Crippen LogP contribution in [-0.4, -0.2) is 54.4 Å². The molecule has 2 saturated heterocycles. The van der Waals surface area contributed by atoms with Gasteiger partial charge in [-0.15, -0.1) is 0 Å². The number of rotatable bonds is 5. The maximum Gasteiger partial charge on any atom is 0.255 e. The normalized spacial score (nSPS) is 18.5. The Morgan fingerprint density at radius 1 is 1.03 bits per heavy atom. The summed E-state index contributed by atoms with van der Waals surface area (Å²) in [6, 6.07) is 11.6. The van der Waals surface area contributed by atoms with Crippen molar-refractivity contribution < 1.29 is 9.47 Å². The van der Waals surface area contributed by atoms with Crippen LogP contribution in [0.2, 0.25) is 0 Å². The van der Waals surface area contributed by atoms with Crippen LogP contribution in [0.3, 0.4) is 0 Å². The number of hydrogen-bond donors (Lipinski definition) is 0. The summed E-state index contributed by atoms with van der Waals surface area (Å²) in [6.45, 7) is 3.94. The smallest absolute Gasteiger partial charge is 0.255 e. The van der Waals surface area contributed by atoms with Gasteiger partial charge in [-0.3, -0.25) is 14.3 Å². The van der Waals surface area contributed by atoms with E-state index in [2.05, 4.69) is 26.9 Å². The zero-order valence-electron chi connectivity index (χ0n) is 19.1. The van der Waals surface area contributed by atoms with Crippen LogP contribution in [0.5, 0.6) is 5.75 Å². The van der Waals surface area contributed by atoms with E-state index in [1.807, 2.05) is 18.2 Å². The Kier molecular flexibility index (Phi) is 6.00. The number of morpholine rings is 1. The lowest BCUT2D eigenvalue weighted by atomic mass is 10.0. The number of benzene rings is 1. The molecule has 172 valence electrons. The van der Waals surface area contributed by atoms with Crippen molar-refractivity contribution in [3.8, 4) is 17.0 Å². The van der Waals surface area contributed by atoms with E-state index in [0.717, 1.165) is 30.0 Å². The first-order valence-corrected chi connectivity index (χ1v) is 11.4. The number of anilines is 2. The van der Waals surface area contributed by atoms with E-state index < -0.39 is 0 Å². The van der Waals surface area contributed by atoms with Crippen LogP contribution in [0.1, 0.15) is 24.5 Å². The third kappa shape index (κ3) is 4.30. The van der Waals surface area contributed by atoms with E-state index in [-0.39, 0.29) is 11.7 Å². The molecule has 2 aromatic heterocycles. The second-order valence-corrected chi connectivity index (χ2v) is 8.50. The van der Waals surface area contributed by atoms with Crippen LogP contribution < -0.4 is 20.1 Å². The molecular weight excluding hydrogens is 418 g/mol. The van der Waals surface area contributed by atoms with Crippen molar-refractivity contribution >= 4 is 11.6 Å². The molecule has 1 unspecified atom stereocenters. The highest BCUT2D eigenvalue weighted by atomic mass is 16.5. The van der Waals surface area contributed by atoms with Crippen LogP contribution in [0.15, 0.2) is 53.6 Å². The highest BCUT2D eigenvalue weighted by Gasteiger charge is 2.28. The molecule has 8 heteroatoms. The van der Waals surface area contributed by atoms with Crippen LogP contribution in [0.25, 0.3) is 11.3 Å². The SMILES string of the molecule is COc1ccc(N2CCCC2)cc1C1CN(c2nc(-c3ccncc3)cc(=O)n2C)CCO1. The number of hydrogen-bond acceptors (Lipinski definition) is 7. The quantitative estimate of drug-likeness (QED) is 0.595. The summed E-state index contributed by atoms with van der Waals surface area (Å²) in [4.78, 5) is 26.2. The molecule has 2 fully saturated rings. The molecule has 8 nitrogen and oxygen atoms in total. The van der Waals surface area contributed by atoms with Gasteiger partial charge in [-0.2, -0.15) is 0 Å². The molecule has 0 saturated carbocycles. The summed E-state index contributed by atoms with van der Waals surface area (Å²) < 4.78 is 13.5. The highest BCUT2D eigenvalue weighted by Crippen LogP contribution is 2.35. The first kappa shape index (κ1) is 21.5. The fourth-order valence-electron chi connectivity index (χ4n) is 4.65. The molecule has 2 aliphatic heterocycles. The molecule has 3 aromatic rings. The maximum absolute atomic E-state index is 12.7. The second kappa shape index (κ2) is 9.23. The average molecular weight is 448 g/mol. The first-order chi connectivity index (χ1) is 16.1. The van der Waals surface area contributed by atoms with Crippen molar-refractivity contribution in [2.24, 2.45) is 7.05 Å². The Hall–Kier alpha value is -3.39. The summed E-state index contributed by atoms with van der Waals surface area (Å²) in [5.74, 6) is 1.45. The van der Waals surface area contributed by atoms with Gasteiger partial charge in [0.2, 0.25) is 5.95 Å². The predicted octanol–water partition coefficient (Wildman–Crippen LogP) is 3.03. The van der Waals surface area contributed by atoms with Crippen LogP contribution >= 0.6 is 0 Å². The van der Waals surface area contributed by atoms with Gasteiger partial charge in [0.05, 0.1) is 26.0 Å². The first-order valence-electron chi connectivity index (χ1n) is 11.4. The minimum atomic E-state index is -0.183. The lowest BCUT2D eigenvalue weighted by Crippen LogP contribution is -2.41. The monoisotopic (exact) mass is 447 g/mol. The molecule has 33 heavy (non-hydrogen) atoms. The molecule has 0 aliphatic carbocycles. The third-order valence-electron chi connectivity index (χ3n) is 6.47. The van der Waals surface area contributed by atoms with E-state index in [4.69, 9.17) is 14.5 Å². The lowest BCUT2D eigenvalue weighted by molar-refractivity contribution is 0.0375. The molecule has 0 amide bonds. The lowest BCUT2D eigenvalue weighted by Gasteiger charge is -2.35. The molecule has 1 aromatic carbocycles. The molecule has 0 N–H and O–H groups in total. The van der Waals surface area contributed by atoms with Crippen molar-refractivity contribution in [1.29, 1.82) is 0 Å². The zero-order valence-corrected chi connectivity index (χ0v) is 19.1. The second-order valence-electron chi connectivity index (χ2n) is 8.50.